The third-order valence-corrected chi connectivity index (χ3v) is 2.03. The van der Waals surface area contributed by atoms with E-state index in [0.717, 1.165) is 0 Å². The lowest BCUT2D eigenvalue weighted by Gasteiger charge is -2.15. The largest absolute Gasteiger partial charge is 0.493 e. The van der Waals surface area contributed by atoms with E-state index in [2.05, 4.69) is 0 Å². The Morgan fingerprint density at radius 2 is 2.07 bits per heavy atom. The molecule has 2 nitrogen and oxygen atoms in total. The van der Waals surface area contributed by atoms with E-state index < -0.39 is 24.7 Å². The van der Waals surface area contributed by atoms with E-state index in [-0.39, 0.29) is 11.3 Å². The molecule has 1 aromatic carbocycles. The molecule has 0 spiro atoms. The molecule has 0 saturated heterocycles. The minimum absolute atomic E-state index is 0.0642. The highest BCUT2D eigenvalue weighted by Crippen LogP contribution is 2.29. The molecule has 1 aromatic rings. The zero-order valence-corrected chi connectivity index (χ0v) is 8.21. The van der Waals surface area contributed by atoms with Gasteiger partial charge in [0.25, 0.3) is 0 Å². The van der Waals surface area contributed by atoms with Gasteiger partial charge in [-0.15, -0.1) is 0 Å². The highest BCUT2D eigenvalue weighted by molar-refractivity contribution is 5.37. The molecular weight excluding hydrogens is 207 g/mol. The molecule has 2 N–H and O–H groups in total. The first kappa shape index (κ1) is 11.8. The van der Waals surface area contributed by atoms with Gasteiger partial charge in [-0.25, -0.2) is 13.2 Å². The molecular formula is C10H12F3NO. The van der Waals surface area contributed by atoms with Crippen LogP contribution in [0.15, 0.2) is 18.2 Å². The number of hydrogen-bond donors (Lipinski definition) is 1. The number of hydrogen-bond acceptors (Lipinski definition) is 2. The molecule has 0 aliphatic rings. The van der Waals surface area contributed by atoms with Crippen LogP contribution in [0.3, 0.4) is 0 Å². The predicted molar refractivity (Wildman–Crippen MR) is 50.5 cm³/mol. The number of rotatable bonds is 4. The summed E-state index contributed by atoms with van der Waals surface area (Å²) in [6.07, 6.45) is -3.03. The molecule has 0 bridgehead atoms. The zero-order chi connectivity index (χ0) is 11.4. The van der Waals surface area contributed by atoms with Gasteiger partial charge in [0.1, 0.15) is 0 Å². The van der Waals surface area contributed by atoms with Crippen molar-refractivity contribution in [2.75, 3.05) is 7.11 Å². The van der Waals surface area contributed by atoms with Gasteiger partial charge >= 0.3 is 0 Å². The molecule has 15 heavy (non-hydrogen) atoms. The lowest BCUT2D eigenvalue weighted by atomic mass is 10.0. The Hall–Kier alpha value is -1.23. The van der Waals surface area contributed by atoms with Crippen molar-refractivity contribution in [3.8, 4) is 5.75 Å². The van der Waals surface area contributed by atoms with Crippen molar-refractivity contribution in [2.24, 2.45) is 5.73 Å². The molecule has 0 aliphatic heterocycles. The molecule has 0 amide bonds. The topological polar surface area (TPSA) is 35.2 Å². The van der Waals surface area contributed by atoms with Crippen LogP contribution in [0.2, 0.25) is 0 Å². The van der Waals surface area contributed by atoms with Crippen LogP contribution in [0.25, 0.3) is 0 Å². The van der Waals surface area contributed by atoms with Crippen LogP contribution < -0.4 is 10.5 Å². The van der Waals surface area contributed by atoms with Gasteiger partial charge in [0, 0.05) is 18.0 Å². The van der Waals surface area contributed by atoms with E-state index in [9.17, 15) is 13.2 Å². The van der Waals surface area contributed by atoms with E-state index in [1.807, 2.05) is 0 Å². The van der Waals surface area contributed by atoms with Gasteiger partial charge in [0.05, 0.1) is 7.11 Å². The second-order valence-corrected chi connectivity index (χ2v) is 3.10. The van der Waals surface area contributed by atoms with Gasteiger partial charge in [0.15, 0.2) is 11.6 Å². The fourth-order valence-corrected chi connectivity index (χ4v) is 1.35. The monoisotopic (exact) mass is 219 g/mol. The maximum absolute atomic E-state index is 13.2. The van der Waals surface area contributed by atoms with Crippen LogP contribution in [0.4, 0.5) is 13.2 Å². The lowest BCUT2D eigenvalue weighted by Crippen LogP contribution is -2.15. The zero-order valence-electron chi connectivity index (χ0n) is 8.21. The first-order valence-electron chi connectivity index (χ1n) is 4.42. The molecule has 84 valence electrons. The fourth-order valence-electron chi connectivity index (χ4n) is 1.35. The molecule has 0 heterocycles. The van der Waals surface area contributed by atoms with Crippen LogP contribution in [0, 0.1) is 5.82 Å². The fraction of sp³-hybridized carbons (Fsp3) is 0.400. The third kappa shape index (κ3) is 2.86. The summed E-state index contributed by atoms with van der Waals surface area (Å²) in [6, 6.07) is 3.17. The van der Waals surface area contributed by atoms with Crippen LogP contribution in [0.5, 0.6) is 5.75 Å². The SMILES string of the molecule is COc1c(F)cccc1[C@H](N)CC(F)F. The van der Waals surface area contributed by atoms with Gasteiger partial charge in [0.2, 0.25) is 6.43 Å². The molecule has 0 radical (unpaired) electrons. The van der Waals surface area contributed by atoms with Crippen molar-refractivity contribution >= 4 is 0 Å². The van der Waals surface area contributed by atoms with Crippen molar-refractivity contribution in [2.45, 2.75) is 18.9 Å². The summed E-state index contributed by atoms with van der Waals surface area (Å²) in [7, 11) is 1.27. The summed E-state index contributed by atoms with van der Waals surface area (Å²) in [4.78, 5) is 0. The van der Waals surface area contributed by atoms with Crippen molar-refractivity contribution in [3.63, 3.8) is 0 Å². The molecule has 0 aromatic heterocycles. The molecule has 0 aliphatic carbocycles. The quantitative estimate of drug-likeness (QED) is 0.844. The highest BCUT2D eigenvalue weighted by Gasteiger charge is 2.18. The Labute approximate surface area is 85.8 Å². The smallest absolute Gasteiger partial charge is 0.240 e. The summed E-state index contributed by atoms with van der Waals surface area (Å²) in [5.74, 6) is -0.662. The Balaban J connectivity index is 2.97. The number of ether oxygens (including phenoxy) is 1. The number of para-hydroxylation sites is 1. The maximum atomic E-state index is 13.2. The molecule has 0 saturated carbocycles. The van der Waals surface area contributed by atoms with Crippen molar-refractivity contribution < 1.29 is 17.9 Å². The van der Waals surface area contributed by atoms with Gasteiger partial charge in [-0.3, -0.25) is 0 Å². The number of benzene rings is 1. The minimum Gasteiger partial charge on any atom is -0.493 e. The van der Waals surface area contributed by atoms with E-state index in [1.165, 1.54) is 25.3 Å². The Morgan fingerprint density at radius 3 is 2.60 bits per heavy atom. The molecule has 0 fully saturated rings. The molecule has 1 rings (SSSR count). The van der Waals surface area contributed by atoms with E-state index in [0.29, 0.717) is 0 Å². The lowest BCUT2D eigenvalue weighted by molar-refractivity contribution is 0.128. The first-order valence-corrected chi connectivity index (χ1v) is 4.42. The Morgan fingerprint density at radius 1 is 1.40 bits per heavy atom. The minimum atomic E-state index is -2.52. The summed E-state index contributed by atoms with van der Waals surface area (Å²) in [5.41, 5.74) is 5.78. The van der Waals surface area contributed by atoms with Crippen LogP contribution in [0.1, 0.15) is 18.0 Å². The van der Waals surface area contributed by atoms with Gasteiger partial charge in [-0.05, 0) is 6.07 Å². The molecule has 0 unspecified atom stereocenters. The number of alkyl halides is 2. The van der Waals surface area contributed by atoms with Crippen LogP contribution in [-0.2, 0) is 0 Å². The number of halogens is 3. The van der Waals surface area contributed by atoms with Crippen molar-refractivity contribution in [3.05, 3.63) is 29.6 Å². The Bertz CT molecular complexity index is 330. The third-order valence-electron chi connectivity index (χ3n) is 2.03. The van der Waals surface area contributed by atoms with E-state index in [4.69, 9.17) is 10.5 Å². The van der Waals surface area contributed by atoms with Crippen LogP contribution in [-0.4, -0.2) is 13.5 Å². The average molecular weight is 219 g/mol. The summed E-state index contributed by atoms with van der Waals surface area (Å²) < 4.78 is 42.1. The van der Waals surface area contributed by atoms with E-state index >= 15 is 0 Å². The normalized spacial score (nSPS) is 12.9. The first-order chi connectivity index (χ1) is 7.06. The maximum Gasteiger partial charge on any atom is 0.240 e. The average Bonchev–Trinajstić information content (AvgIpc) is 2.16. The van der Waals surface area contributed by atoms with Crippen molar-refractivity contribution in [1.29, 1.82) is 0 Å². The van der Waals surface area contributed by atoms with Crippen LogP contribution >= 0.6 is 0 Å². The van der Waals surface area contributed by atoms with Gasteiger partial charge in [-0.2, -0.15) is 0 Å². The van der Waals surface area contributed by atoms with E-state index in [1.54, 1.807) is 0 Å². The predicted octanol–water partition coefficient (Wildman–Crippen LogP) is 2.49. The Kier molecular flexibility index (Phi) is 3.96. The molecule has 1 atom stereocenters. The number of nitrogens with two attached hydrogens (primary N) is 1. The standard InChI is InChI=1S/C10H12F3NO/c1-15-10-6(3-2-4-7(10)11)8(14)5-9(12)13/h2-4,8-9H,5,14H2,1H3/t8-/m1/s1. The van der Waals surface area contributed by atoms with Gasteiger partial charge < -0.3 is 10.5 Å². The highest BCUT2D eigenvalue weighted by atomic mass is 19.3. The van der Waals surface area contributed by atoms with Gasteiger partial charge in [-0.1, -0.05) is 12.1 Å². The summed E-state index contributed by atoms with van der Waals surface area (Å²) in [6.45, 7) is 0. The second kappa shape index (κ2) is 5.02. The van der Waals surface area contributed by atoms with Crippen molar-refractivity contribution in [1.82, 2.24) is 0 Å². The molecule has 5 heteroatoms. The summed E-state index contributed by atoms with van der Waals surface area (Å²) in [5, 5.41) is 0. The summed E-state index contributed by atoms with van der Waals surface area (Å²) >= 11 is 0. The number of methoxy groups -OCH3 is 1. The second-order valence-electron chi connectivity index (χ2n) is 3.10.